The van der Waals surface area contributed by atoms with Crippen molar-refractivity contribution < 1.29 is 4.74 Å². The van der Waals surface area contributed by atoms with Gasteiger partial charge < -0.3 is 10.5 Å². The monoisotopic (exact) mass is 239 g/mol. The summed E-state index contributed by atoms with van der Waals surface area (Å²) in [5.41, 5.74) is 6.16. The molecule has 0 radical (unpaired) electrons. The molecular formula is C13H25N3O. The molecule has 1 saturated heterocycles. The Bertz CT molecular complexity index is 251. The minimum absolute atomic E-state index is 0.0642. The molecule has 17 heavy (non-hydrogen) atoms. The van der Waals surface area contributed by atoms with Gasteiger partial charge in [0.25, 0.3) is 0 Å². The molecule has 1 aliphatic heterocycles. The first-order valence-corrected chi connectivity index (χ1v) is 6.25. The minimum atomic E-state index is -0.115. The quantitative estimate of drug-likeness (QED) is 0.437. The average molecular weight is 239 g/mol. The summed E-state index contributed by atoms with van der Waals surface area (Å²) >= 11 is 0. The summed E-state index contributed by atoms with van der Waals surface area (Å²) < 4.78 is 5.75. The zero-order valence-corrected chi connectivity index (χ0v) is 11.0. The van der Waals surface area contributed by atoms with Crippen molar-refractivity contribution in [2.45, 2.75) is 38.6 Å². The Morgan fingerprint density at radius 3 is 2.59 bits per heavy atom. The highest BCUT2D eigenvalue weighted by molar-refractivity contribution is 4.85. The molecule has 2 N–H and O–H groups in total. The molecule has 4 heteroatoms. The molecule has 4 nitrogen and oxygen atoms in total. The van der Waals surface area contributed by atoms with Crippen LogP contribution in [0.2, 0.25) is 0 Å². The summed E-state index contributed by atoms with van der Waals surface area (Å²) in [6.45, 7) is 10.5. The van der Waals surface area contributed by atoms with Crippen LogP contribution in [0.25, 0.3) is 0 Å². The van der Waals surface area contributed by atoms with E-state index in [0.717, 1.165) is 19.4 Å². The van der Waals surface area contributed by atoms with Gasteiger partial charge in [-0.1, -0.05) is 19.6 Å². The lowest BCUT2D eigenvalue weighted by molar-refractivity contribution is -0.160. The summed E-state index contributed by atoms with van der Waals surface area (Å²) in [5.74, 6) is 0.214. The fraction of sp³-hybridized carbons (Fsp3) is 0.692. The highest BCUT2D eigenvalue weighted by Gasteiger charge is 2.26. The third-order valence-corrected chi connectivity index (χ3v) is 3.34. The standard InChI is InChI=1S/C13H25N3O/c1-5-11(3)13(14)15(4)16(6-2)12-9-7-8-10-17-12/h5-6,11-13H,1-2,7-10,14H2,3-4H3. The number of hydrogen-bond acceptors (Lipinski definition) is 4. The molecule has 0 saturated carbocycles. The van der Waals surface area contributed by atoms with Gasteiger partial charge in [0.05, 0.1) is 6.17 Å². The van der Waals surface area contributed by atoms with E-state index in [0.29, 0.717) is 0 Å². The van der Waals surface area contributed by atoms with Gasteiger partial charge in [-0.2, -0.15) is 0 Å². The van der Waals surface area contributed by atoms with E-state index in [1.54, 1.807) is 6.20 Å². The summed E-state index contributed by atoms with van der Waals surface area (Å²) in [7, 11) is 1.96. The first-order valence-electron chi connectivity index (χ1n) is 6.25. The Hall–Kier alpha value is -0.840. The van der Waals surface area contributed by atoms with E-state index in [1.165, 1.54) is 6.42 Å². The second kappa shape index (κ2) is 6.79. The van der Waals surface area contributed by atoms with E-state index < -0.39 is 0 Å². The molecule has 1 heterocycles. The van der Waals surface area contributed by atoms with Gasteiger partial charge in [0.2, 0.25) is 0 Å². The van der Waals surface area contributed by atoms with Crippen molar-refractivity contribution in [3.63, 3.8) is 0 Å². The maximum Gasteiger partial charge on any atom is 0.143 e. The maximum atomic E-state index is 6.16. The highest BCUT2D eigenvalue weighted by Crippen LogP contribution is 2.20. The van der Waals surface area contributed by atoms with Crippen molar-refractivity contribution in [2.24, 2.45) is 11.7 Å². The van der Waals surface area contributed by atoms with Crippen LogP contribution in [-0.4, -0.2) is 36.1 Å². The van der Waals surface area contributed by atoms with E-state index in [-0.39, 0.29) is 18.3 Å². The summed E-state index contributed by atoms with van der Waals surface area (Å²) in [6, 6.07) is 0. The van der Waals surface area contributed by atoms with Crippen LogP contribution in [-0.2, 0) is 4.74 Å². The SMILES string of the molecule is C=CC(C)C(N)N(C)N(C=C)C1CCCCO1. The zero-order valence-electron chi connectivity index (χ0n) is 11.0. The Balaban J connectivity index is 2.64. The van der Waals surface area contributed by atoms with Gasteiger partial charge in [0, 0.05) is 25.8 Å². The highest BCUT2D eigenvalue weighted by atomic mass is 16.5. The third-order valence-electron chi connectivity index (χ3n) is 3.34. The lowest BCUT2D eigenvalue weighted by Crippen LogP contribution is -2.55. The molecule has 3 atom stereocenters. The van der Waals surface area contributed by atoms with Gasteiger partial charge in [-0.15, -0.1) is 6.58 Å². The Morgan fingerprint density at radius 1 is 1.41 bits per heavy atom. The van der Waals surface area contributed by atoms with Crippen molar-refractivity contribution >= 4 is 0 Å². The molecule has 3 unspecified atom stereocenters. The first kappa shape index (κ1) is 14.2. The van der Waals surface area contributed by atoms with Crippen LogP contribution >= 0.6 is 0 Å². The summed E-state index contributed by atoms with van der Waals surface area (Å²) in [5, 5.41) is 3.97. The zero-order chi connectivity index (χ0) is 12.8. The fourth-order valence-corrected chi connectivity index (χ4v) is 2.02. The Labute approximate surface area is 105 Å². The van der Waals surface area contributed by atoms with Crippen molar-refractivity contribution in [1.82, 2.24) is 10.0 Å². The maximum absolute atomic E-state index is 6.16. The van der Waals surface area contributed by atoms with E-state index >= 15 is 0 Å². The topological polar surface area (TPSA) is 41.7 Å². The van der Waals surface area contributed by atoms with Gasteiger partial charge in [0.15, 0.2) is 0 Å². The van der Waals surface area contributed by atoms with Crippen LogP contribution in [0, 0.1) is 5.92 Å². The summed E-state index contributed by atoms with van der Waals surface area (Å²) in [4.78, 5) is 0. The Kier molecular flexibility index (Phi) is 5.68. The Morgan fingerprint density at radius 2 is 2.12 bits per heavy atom. The fourth-order valence-electron chi connectivity index (χ4n) is 2.02. The normalized spacial score (nSPS) is 24.1. The molecule has 0 aromatic rings. The molecular weight excluding hydrogens is 214 g/mol. The van der Waals surface area contributed by atoms with E-state index in [2.05, 4.69) is 20.1 Å². The molecule has 0 aromatic carbocycles. The van der Waals surface area contributed by atoms with Crippen molar-refractivity contribution in [3.8, 4) is 0 Å². The van der Waals surface area contributed by atoms with Crippen LogP contribution in [0.5, 0.6) is 0 Å². The lowest BCUT2D eigenvalue weighted by Gasteiger charge is -2.42. The number of nitrogens with zero attached hydrogens (tertiary/aromatic N) is 2. The molecule has 0 aromatic heterocycles. The van der Waals surface area contributed by atoms with E-state index in [9.17, 15) is 0 Å². The second-order valence-corrected chi connectivity index (χ2v) is 4.54. The predicted octanol–water partition coefficient (Wildman–Crippen LogP) is 1.91. The molecule has 1 rings (SSSR count). The van der Waals surface area contributed by atoms with Gasteiger partial charge in [-0.25, -0.2) is 5.01 Å². The summed E-state index contributed by atoms with van der Waals surface area (Å²) in [6.07, 6.45) is 6.95. The van der Waals surface area contributed by atoms with E-state index in [1.807, 2.05) is 23.1 Å². The van der Waals surface area contributed by atoms with Crippen LogP contribution in [0.1, 0.15) is 26.2 Å². The third kappa shape index (κ3) is 3.56. The number of hydrazine groups is 1. The van der Waals surface area contributed by atoms with Crippen LogP contribution in [0.15, 0.2) is 25.4 Å². The van der Waals surface area contributed by atoms with Gasteiger partial charge in [-0.3, -0.25) is 5.01 Å². The molecule has 0 spiro atoms. The number of hydrogen-bond donors (Lipinski definition) is 1. The first-order chi connectivity index (χ1) is 8.11. The molecule has 1 aliphatic rings. The molecule has 0 aliphatic carbocycles. The molecule has 1 fully saturated rings. The predicted molar refractivity (Wildman–Crippen MR) is 70.7 cm³/mol. The molecule has 0 bridgehead atoms. The van der Waals surface area contributed by atoms with Gasteiger partial charge in [0.1, 0.15) is 6.23 Å². The van der Waals surface area contributed by atoms with Crippen LogP contribution in [0.3, 0.4) is 0 Å². The van der Waals surface area contributed by atoms with Crippen molar-refractivity contribution in [2.75, 3.05) is 13.7 Å². The minimum Gasteiger partial charge on any atom is -0.357 e. The number of nitrogens with two attached hydrogens (primary N) is 1. The van der Waals surface area contributed by atoms with Crippen LogP contribution < -0.4 is 5.73 Å². The van der Waals surface area contributed by atoms with Crippen molar-refractivity contribution in [3.05, 3.63) is 25.4 Å². The lowest BCUT2D eigenvalue weighted by atomic mass is 10.1. The van der Waals surface area contributed by atoms with Crippen LogP contribution in [0.4, 0.5) is 0 Å². The number of rotatable bonds is 6. The molecule has 98 valence electrons. The van der Waals surface area contributed by atoms with Gasteiger partial charge in [-0.05, 0) is 19.3 Å². The second-order valence-electron chi connectivity index (χ2n) is 4.54. The smallest absolute Gasteiger partial charge is 0.143 e. The average Bonchev–Trinajstić information content (AvgIpc) is 2.38. The van der Waals surface area contributed by atoms with Gasteiger partial charge >= 0.3 is 0 Å². The molecule has 0 amide bonds. The van der Waals surface area contributed by atoms with Crippen molar-refractivity contribution in [1.29, 1.82) is 0 Å². The number of ether oxygens (including phenoxy) is 1. The largest absolute Gasteiger partial charge is 0.357 e. The van der Waals surface area contributed by atoms with E-state index in [4.69, 9.17) is 10.5 Å².